The van der Waals surface area contributed by atoms with Crippen molar-refractivity contribution >= 4 is 40.8 Å². The molecule has 0 aromatic heterocycles. The van der Waals surface area contributed by atoms with Crippen molar-refractivity contribution in [1.29, 1.82) is 0 Å². The number of nitrogens with one attached hydrogen (secondary N) is 1. The second-order valence-electron chi connectivity index (χ2n) is 6.96. The van der Waals surface area contributed by atoms with Crippen molar-refractivity contribution < 1.29 is 18.3 Å². The molecule has 1 unspecified atom stereocenters. The van der Waals surface area contributed by atoms with Gasteiger partial charge in [-0.3, -0.25) is 4.79 Å². The van der Waals surface area contributed by atoms with Crippen molar-refractivity contribution in [3.05, 3.63) is 90.0 Å². The molecule has 0 spiro atoms. The van der Waals surface area contributed by atoms with Crippen molar-refractivity contribution in [2.24, 2.45) is 10.2 Å². The van der Waals surface area contributed by atoms with Crippen LogP contribution < -0.4 is 10.1 Å². The molecule has 5 nitrogen and oxygen atoms in total. The Balaban J connectivity index is 1.34. The lowest BCUT2D eigenvalue weighted by Gasteiger charge is -2.06. The summed E-state index contributed by atoms with van der Waals surface area (Å²) in [5, 5.41) is 11.0. The molecule has 1 fully saturated rings. The number of benzene rings is 3. The summed E-state index contributed by atoms with van der Waals surface area (Å²) in [4.78, 5) is 12.8. The first kappa shape index (κ1) is 23.0. The van der Waals surface area contributed by atoms with E-state index in [2.05, 4.69) is 15.5 Å². The molecule has 33 heavy (non-hydrogen) atoms. The van der Waals surface area contributed by atoms with Gasteiger partial charge in [0.15, 0.2) is 5.17 Å². The summed E-state index contributed by atoms with van der Waals surface area (Å²) in [5.74, 6) is -1.19. The third-order valence-electron chi connectivity index (χ3n) is 4.54. The first-order chi connectivity index (χ1) is 16.0. The van der Waals surface area contributed by atoms with Crippen LogP contribution >= 0.6 is 23.5 Å². The SMILES string of the molecule is O=C1N/C(=N/N=C/c2cccc(Oc3ccccc3)c2)SC1Cc1ccc(SC(F)F)cc1. The zero-order valence-electron chi connectivity index (χ0n) is 17.2. The number of hydrogen-bond acceptors (Lipinski definition) is 6. The van der Waals surface area contributed by atoms with Gasteiger partial charge in [0, 0.05) is 4.90 Å². The Kier molecular flexibility index (Phi) is 7.74. The number of para-hydroxylation sites is 1. The minimum atomic E-state index is -2.45. The third-order valence-corrected chi connectivity index (χ3v) is 6.33. The molecule has 1 heterocycles. The molecule has 3 aromatic carbocycles. The first-order valence-electron chi connectivity index (χ1n) is 10.0. The summed E-state index contributed by atoms with van der Waals surface area (Å²) in [6, 6.07) is 23.7. The second kappa shape index (κ2) is 11.1. The average Bonchev–Trinajstić information content (AvgIpc) is 3.14. The summed E-state index contributed by atoms with van der Waals surface area (Å²) in [6.07, 6.45) is 2.06. The fraction of sp³-hybridized carbons (Fsp3) is 0.125. The van der Waals surface area contributed by atoms with E-state index in [1.165, 1.54) is 11.8 Å². The standard InChI is InChI=1S/C24H19F2N3O2S2/c25-23(26)32-20-11-9-16(10-12-20)14-21-22(30)28-24(33-21)29-27-15-17-5-4-8-19(13-17)31-18-6-2-1-3-7-18/h1-13,15,21,23H,14H2,(H,28,29,30)/b27-15+. The van der Waals surface area contributed by atoms with Crippen LogP contribution in [0.4, 0.5) is 8.78 Å². The van der Waals surface area contributed by atoms with Gasteiger partial charge in [-0.15, -0.1) is 5.10 Å². The predicted octanol–water partition coefficient (Wildman–Crippen LogP) is 5.96. The molecule has 0 saturated carbocycles. The molecule has 1 aliphatic heterocycles. The van der Waals surface area contributed by atoms with Crippen molar-refractivity contribution in [2.75, 3.05) is 0 Å². The lowest BCUT2D eigenvalue weighted by atomic mass is 10.1. The predicted molar refractivity (Wildman–Crippen MR) is 130 cm³/mol. The number of carbonyl (C=O) groups is 1. The number of thioether (sulfide) groups is 2. The topological polar surface area (TPSA) is 63.0 Å². The molecule has 9 heteroatoms. The maximum Gasteiger partial charge on any atom is 0.288 e. The number of carbonyl (C=O) groups excluding carboxylic acids is 1. The number of alkyl halides is 2. The van der Waals surface area contributed by atoms with Crippen LogP contribution in [0.1, 0.15) is 11.1 Å². The Morgan fingerprint density at radius 1 is 1.03 bits per heavy atom. The van der Waals surface area contributed by atoms with E-state index in [4.69, 9.17) is 4.74 Å². The number of halogens is 2. The minimum absolute atomic E-state index is 0.154. The molecule has 1 N–H and O–H groups in total. The summed E-state index contributed by atoms with van der Waals surface area (Å²) in [5.41, 5.74) is 1.70. The molecule has 0 aliphatic carbocycles. The summed E-state index contributed by atoms with van der Waals surface area (Å²) in [6.45, 7) is 0. The number of amides is 1. The number of rotatable bonds is 8. The molecule has 168 valence electrons. The van der Waals surface area contributed by atoms with Gasteiger partial charge in [0.25, 0.3) is 5.76 Å². The Labute approximate surface area is 198 Å². The highest BCUT2D eigenvalue weighted by molar-refractivity contribution is 8.15. The van der Waals surface area contributed by atoms with Crippen molar-refractivity contribution in [3.63, 3.8) is 0 Å². The number of nitrogens with zero attached hydrogens (tertiary/aromatic N) is 2. The Morgan fingerprint density at radius 3 is 2.55 bits per heavy atom. The maximum absolute atomic E-state index is 12.4. The summed E-state index contributed by atoms with van der Waals surface area (Å²) in [7, 11) is 0. The fourth-order valence-corrected chi connectivity index (χ4v) is 4.50. The van der Waals surface area contributed by atoms with Gasteiger partial charge in [0.05, 0.1) is 11.5 Å². The van der Waals surface area contributed by atoms with Gasteiger partial charge in [-0.05, 0) is 53.9 Å². The zero-order chi connectivity index (χ0) is 23.0. The highest BCUT2D eigenvalue weighted by Gasteiger charge is 2.30. The molecule has 0 radical (unpaired) electrons. The molecule has 1 aliphatic rings. The van der Waals surface area contributed by atoms with E-state index in [0.29, 0.717) is 34.0 Å². The first-order valence-corrected chi connectivity index (χ1v) is 11.8. The van der Waals surface area contributed by atoms with Gasteiger partial charge in [-0.25, -0.2) is 0 Å². The fourth-order valence-electron chi connectivity index (χ4n) is 3.04. The number of ether oxygens (including phenoxy) is 1. The summed E-state index contributed by atoms with van der Waals surface area (Å²) < 4.78 is 30.7. The lowest BCUT2D eigenvalue weighted by Crippen LogP contribution is -2.25. The maximum atomic E-state index is 12.4. The zero-order valence-corrected chi connectivity index (χ0v) is 18.9. The lowest BCUT2D eigenvalue weighted by molar-refractivity contribution is -0.118. The van der Waals surface area contributed by atoms with Crippen LogP contribution in [0.15, 0.2) is 94.0 Å². The van der Waals surface area contributed by atoms with Gasteiger partial charge in [0.1, 0.15) is 11.5 Å². The second-order valence-corrected chi connectivity index (χ2v) is 9.21. The van der Waals surface area contributed by atoms with E-state index < -0.39 is 5.76 Å². The van der Waals surface area contributed by atoms with Crippen molar-refractivity contribution in [2.45, 2.75) is 22.3 Å². The van der Waals surface area contributed by atoms with Gasteiger partial charge < -0.3 is 10.1 Å². The monoisotopic (exact) mass is 483 g/mol. The van der Waals surface area contributed by atoms with E-state index in [0.717, 1.165) is 16.9 Å². The van der Waals surface area contributed by atoms with Gasteiger partial charge in [-0.2, -0.15) is 13.9 Å². The van der Waals surface area contributed by atoms with Crippen molar-refractivity contribution in [1.82, 2.24) is 5.32 Å². The molecule has 3 aromatic rings. The number of amidine groups is 1. The highest BCUT2D eigenvalue weighted by atomic mass is 32.2. The highest BCUT2D eigenvalue weighted by Crippen LogP contribution is 2.27. The van der Waals surface area contributed by atoms with Crippen LogP contribution in [0.5, 0.6) is 11.5 Å². The van der Waals surface area contributed by atoms with E-state index >= 15 is 0 Å². The quantitative estimate of drug-likeness (QED) is 0.244. The third kappa shape index (κ3) is 6.90. The van der Waals surface area contributed by atoms with E-state index in [1.54, 1.807) is 30.5 Å². The Morgan fingerprint density at radius 2 is 1.79 bits per heavy atom. The normalized spacial score (nSPS) is 17.1. The van der Waals surface area contributed by atoms with Gasteiger partial charge in [0.2, 0.25) is 5.91 Å². The van der Waals surface area contributed by atoms with Crippen LogP contribution in [-0.4, -0.2) is 28.3 Å². The van der Waals surface area contributed by atoms with E-state index in [-0.39, 0.29) is 11.2 Å². The van der Waals surface area contributed by atoms with Gasteiger partial charge in [-0.1, -0.05) is 66.0 Å². The number of hydrogen-bond donors (Lipinski definition) is 1. The Bertz CT molecular complexity index is 1160. The molecule has 1 atom stereocenters. The Hall–Kier alpha value is -3.17. The molecule has 0 bridgehead atoms. The van der Waals surface area contributed by atoms with E-state index in [9.17, 15) is 13.6 Å². The smallest absolute Gasteiger partial charge is 0.288 e. The van der Waals surface area contributed by atoms with Crippen molar-refractivity contribution in [3.8, 4) is 11.5 Å². The van der Waals surface area contributed by atoms with Crippen LogP contribution in [0.25, 0.3) is 0 Å². The largest absolute Gasteiger partial charge is 0.457 e. The average molecular weight is 484 g/mol. The molecule has 1 saturated heterocycles. The minimum Gasteiger partial charge on any atom is -0.457 e. The van der Waals surface area contributed by atoms with Crippen LogP contribution in [0.2, 0.25) is 0 Å². The molecule has 4 rings (SSSR count). The summed E-state index contributed by atoms with van der Waals surface area (Å²) >= 11 is 1.79. The van der Waals surface area contributed by atoms with Crippen LogP contribution in [-0.2, 0) is 11.2 Å². The molecule has 1 amide bonds. The molecular weight excluding hydrogens is 464 g/mol. The van der Waals surface area contributed by atoms with Crippen LogP contribution in [0, 0.1) is 0 Å². The molecular formula is C24H19F2N3O2S2. The van der Waals surface area contributed by atoms with E-state index in [1.807, 2.05) is 54.6 Å². The van der Waals surface area contributed by atoms with Crippen LogP contribution in [0.3, 0.4) is 0 Å². The van der Waals surface area contributed by atoms with Gasteiger partial charge >= 0.3 is 0 Å².